The van der Waals surface area contributed by atoms with Crippen molar-refractivity contribution in [2.45, 2.75) is 0 Å². The molecule has 1 aliphatic rings. The number of nitrogens with zero attached hydrogens (tertiary/aromatic N) is 3. The van der Waals surface area contributed by atoms with E-state index in [1.807, 2.05) is 31.3 Å². The molecule has 0 N–H and O–H groups in total. The summed E-state index contributed by atoms with van der Waals surface area (Å²) in [7, 11) is 2.02. The van der Waals surface area contributed by atoms with Crippen LogP contribution in [0.15, 0.2) is 48.5 Å². The largest absolute Gasteiger partial charge is 0.371 e. The van der Waals surface area contributed by atoms with Gasteiger partial charge in [0.15, 0.2) is 0 Å². The van der Waals surface area contributed by atoms with Crippen LogP contribution in [0.4, 0.5) is 11.4 Å². The summed E-state index contributed by atoms with van der Waals surface area (Å²) >= 11 is 0. The summed E-state index contributed by atoms with van der Waals surface area (Å²) in [5.74, 6) is -0.0624. The average molecular weight is 277 g/mol. The van der Waals surface area contributed by atoms with Crippen molar-refractivity contribution in [1.82, 2.24) is 0 Å². The molecule has 0 spiro atoms. The van der Waals surface area contributed by atoms with E-state index in [1.54, 1.807) is 29.2 Å². The molecule has 0 unspecified atom stereocenters. The van der Waals surface area contributed by atoms with Crippen LogP contribution in [0.1, 0.15) is 15.9 Å². The number of carbonyl (C=O) groups is 1. The molecule has 0 aromatic heterocycles. The van der Waals surface area contributed by atoms with Crippen molar-refractivity contribution >= 4 is 17.3 Å². The molecule has 0 radical (unpaired) electrons. The number of benzene rings is 2. The zero-order chi connectivity index (χ0) is 14.8. The number of rotatable bonds is 1. The van der Waals surface area contributed by atoms with Gasteiger partial charge in [0.05, 0.1) is 23.0 Å². The fraction of sp³-hybridized carbons (Fsp3) is 0.176. The van der Waals surface area contributed by atoms with Gasteiger partial charge in [0.25, 0.3) is 5.91 Å². The lowest BCUT2D eigenvalue weighted by Gasteiger charge is -2.35. The number of carbonyl (C=O) groups excluding carboxylic acids is 1. The summed E-state index contributed by atoms with van der Waals surface area (Å²) in [6.07, 6.45) is 0. The Hall–Kier alpha value is -2.80. The minimum atomic E-state index is -0.0624. The molecule has 0 fully saturated rings. The first kappa shape index (κ1) is 13.2. The van der Waals surface area contributed by atoms with Gasteiger partial charge in [-0.25, -0.2) is 0 Å². The summed E-state index contributed by atoms with van der Waals surface area (Å²) in [5, 5.41) is 8.97. The number of anilines is 2. The number of hydrogen-bond acceptors (Lipinski definition) is 3. The van der Waals surface area contributed by atoms with Crippen molar-refractivity contribution < 1.29 is 4.79 Å². The van der Waals surface area contributed by atoms with Crippen molar-refractivity contribution in [3.8, 4) is 6.07 Å². The van der Waals surface area contributed by atoms with Crippen molar-refractivity contribution in [3.05, 3.63) is 59.7 Å². The molecule has 2 aromatic rings. The van der Waals surface area contributed by atoms with Crippen molar-refractivity contribution in [3.63, 3.8) is 0 Å². The first-order valence-corrected chi connectivity index (χ1v) is 6.83. The third-order valence-electron chi connectivity index (χ3n) is 3.73. The molecule has 104 valence electrons. The molecule has 3 rings (SSSR count). The maximum Gasteiger partial charge on any atom is 0.258 e. The van der Waals surface area contributed by atoms with Gasteiger partial charge in [-0.1, -0.05) is 18.2 Å². The van der Waals surface area contributed by atoms with E-state index in [2.05, 4.69) is 11.0 Å². The van der Waals surface area contributed by atoms with Gasteiger partial charge in [-0.15, -0.1) is 0 Å². The Bertz CT molecular complexity index is 733. The minimum absolute atomic E-state index is 0.0624. The van der Waals surface area contributed by atoms with E-state index in [4.69, 9.17) is 5.26 Å². The number of likely N-dealkylation sites (N-methyl/N-ethyl adjacent to an activating group) is 1. The van der Waals surface area contributed by atoms with E-state index in [-0.39, 0.29) is 5.91 Å². The molecular formula is C17H15N3O. The SMILES string of the molecule is CN1CCN(C(=O)c2cccc(C#N)c2)c2ccccc21. The van der Waals surface area contributed by atoms with Gasteiger partial charge in [0.1, 0.15) is 0 Å². The smallest absolute Gasteiger partial charge is 0.258 e. The summed E-state index contributed by atoms with van der Waals surface area (Å²) in [5.41, 5.74) is 3.02. The molecule has 21 heavy (non-hydrogen) atoms. The van der Waals surface area contributed by atoms with Crippen LogP contribution < -0.4 is 9.80 Å². The molecule has 0 bridgehead atoms. The highest BCUT2D eigenvalue weighted by molar-refractivity contribution is 6.08. The van der Waals surface area contributed by atoms with E-state index in [9.17, 15) is 4.79 Å². The fourth-order valence-corrected chi connectivity index (χ4v) is 2.59. The van der Waals surface area contributed by atoms with Crippen molar-refractivity contribution in [2.24, 2.45) is 0 Å². The molecular weight excluding hydrogens is 262 g/mol. The number of para-hydroxylation sites is 2. The van der Waals surface area contributed by atoms with Gasteiger partial charge in [-0.2, -0.15) is 5.26 Å². The Kier molecular flexibility index (Phi) is 3.33. The second-order valence-corrected chi connectivity index (χ2v) is 5.06. The summed E-state index contributed by atoms with van der Waals surface area (Å²) < 4.78 is 0. The minimum Gasteiger partial charge on any atom is -0.371 e. The summed E-state index contributed by atoms with van der Waals surface area (Å²) in [6, 6.07) is 16.8. The zero-order valence-electron chi connectivity index (χ0n) is 11.8. The van der Waals surface area contributed by atoms with Gasteiger partial charge in [-0.05, 0) is 30.3 Å². The van der Waals surface area contributed by atoms with Crippen LogP contribution in [0.3, 0.4) is 0 Å². The first-order chi connectivity index (χ1) is 10.2. The standard InChI is InChI=1S/C17H15N3O/c1-19-9-10-20(16-8-3-2-7-15(16)19)17(21)14-6-4-5-13(11-14)12-18/h2-8,11H,9-10H2,1H3. The number of fused-ring (bicyclic) bond motifs is 1. The zero-order valence-corrected chi connectivity index (χ0v) is 11.8. The van der Waals surface area contributed by atoms with Crippen LogP contribution in [0.2, 0.25) is 0 Å². The summed E-state index contributed by atoms with van der Waals surface area (Å²) in [6.45, 7) is 1.43. The molecule has 1 aliphatic heterocycles. The highest BCUT2D eigenvalue weighted by Crippen LogP contribution is 2.32. The van der Waals surface area contributed by atoms with E-state index < -0.39 is 0 Å². The predicted molar refractivity (Wildman–Crippen MR) is 82.5 cm³/mol. The Balaban J connectivity index is 1.99. The van der Waals surface area contributed by atoms with Gasteiger partial charge in [-0.3, -0.25) is 4.79 Å². The van der Waals surface area contributed by atoms with Crippen LogP contribution >= 0.6 is 0 Å². The van der Waals surface area contributed by atoms with Crippen molar-refractivity contribution in [2.75, 3.05) is 29.9 Å². The predicted octanol–water partition coefficient (Wildman–Crippen LogP) is 2.65. The highest BCUT2D eigenvalue weighted by Gasteiger charge is 2.25. The monoisotopic (exact) mass is 277 g/mol. The van der Waals surface area contributed by atoms with Crippen LogP contribution in [-0.4, -0.2) is 26.0 Å². The number of hydrogen-bond donors (Lipinski definition) is 0. The molecule has 0 saturated carbocycles. The lowest BCUT2D eigenvalue weighted by atomic mass is 10.1. The molecule has 4 heteroatoms. The Morgan fingerprint density at radius 1 is 1.10 bits per heavy atom. The lowest BCUT2D eigenvalue weighted by Crippen LogP contribution is -2.42. The van der Waals surface area contributed by atoms with Crippen LogP contribution in [0.5, 0.6) is 0 Å². The second kappa shape index (κ2) is 5.29. The highest BCUT2D eigenvalue weighted by atomic mass is 16.2. The second-order valence-electron chi connectivity index (χ2n) is 5.06. The molecule has 1 heterocycles. The Morgan fingerprint density at radius 3 is 2.62 bits per heavy atom. The topological polar surface area (TPSA) is 47.3 Å². The van der Waals surface area contributed by atoms with Gasteiger partial charge in [0, 0.05) is 25.7 Å². The maximum absolute atomic E-state index is 12.7. The maximum atomic E-state index is 12.7. The molecule has 0 atom stereocenters. The van der Waals surface area contributed by atoms with Gasteiger partial charge >= 0.3 is 0 Å². The lowest BCUT2D eigenvalue weighted by molar-refractivity contribution is 0.0986. The van der Waals surface area contributed by atoms with Crippen molar-refractivity contribution in [1.29, 1.82) is 5.26 Å². The van der Waals surface area contributed by atoms with Gasteiger partial charge in [0.2, 0.25) is 0 Å². The normalized spacial score (nSPS) is 13.5. The molecule has 1 amide bonds. The third kappa shape index (κ3) is 2.34. The number of amides is 1. The molecule has 2 aromatic carbocycles. The van der Waals surface area contributed by atoms with E-state index in [1.165, 1.54) is 0 Å². The van der Waals surface area contributed by atoms with Gasteiger partial charge < -0.3 is 9.80 Å². The molecule has 4 nitrogen and oxygen atoms in total. The molecule has 0 saturated heterocycles. The Labute approximate surface area is 123 Å². The van der Waals surface area contributed by atoms with E-state index in [0.717, 1.165) is 17.9 Å². The third-order valence-corrected chi connectivity index (χ3v) is 3.73. The number of nitriles is 1. The van der Waals surface area contributed by atoms with Crippen LogP contribution in [0, 0.1) is 11.3 Å². The van der Waals surface area contributed by atoms with Crippen LogP contribution in [-0.2, 0) is 0 Å². The van der Waals surface area contributed by atoms with Crippen LogP contribution in [0.25, 0.3) is 0 Å². The first-order valence-electron chi connectivity index (χ1n) is 6.83. The quantitative estimate of drug-likeness (QED) is 0.805. The van der Waals surface area contributed by atoms with E-state index in [0.29, 0.717) is 17.7 Å². The Morgan fingerprint density at radius 2 is 1.86 bits per heavy atom. The van der Waals surface area contributed by atoms with E-state index >= 15 is 0 Å². The average Bonchev–Trinajstić information content (AvgIpc) is 2.55. The molecule has 0 aliphatic carbocycles. The fourth-order valence-electron chi connectivity index (χ4n) is 2.59. The summed E-state index contributed by atoms with van der Waals surface area (Å²) in [4.78, 5) is 16.7.